The highest BCUT2D eigenvalue weighted by molar-refractivity contribution is 5.93. The summed E-state index contributed by atoms with van der Waals surface area (Å²) in [6.07, 6.45) is 6.74. The van der Waals surface area contributed by atoms with Gasteiger partial charge in [0.2, 0.25) is 0 Å². The minimum absolute atomic E-state index is 0.323. The van der Waals surface area contributed by atoms with Crippen LogP contribution < -0.4 is 0 Å². The first-order valence-corrected chi connectivity index (χ1v) is 9.57. The molecule has 0 amide bonds. The van der Waals surface area contributed by atoms with E-state index in [1.54, 1.807) is 0 Å². The third-order valence-corrected chi connectivity index (χ3v) is 5.28. The van der Waals surface area contributed by atoms with Crippen molar-refractivity contribution in [3.8, 4) is 0 Å². The number of hydrogen-bond donors (Lipinski definition) is 0. The van der Waals surface area contributed by atoms with E-state index in [1.165, 1.54) is 45.0 Å². The van der Waals surface area contributed by atoms with E-state index in [0.29, 0.717) is 5.92 Å². The molecule has 1 unspecified atom stereocenters. The van der Waals surface area contributed by atoms with Crippen LogP contribution in [0.1, 0.15) is 54.9 Å². The van der Waals surface area contributed by atoms with Gasteiger partial charge in [-0.25, -0.2) is 0 Å². The standard InChI is InChI=1S/C25H25N/c1-3-4-13-26-17-22-15-19-9-5-6-10-20(19)16-24(22)25-18(2)14-21-11-7-8-12-23(21)25/h5-12,14-17,25H,3-4,13H2,1-2H3. The average Bonchev–Trinajstić information content (AvgIpc) is 3.00. The fourth-order valence-electron chi connectivity index (χ4n) is 3.94. The fraction of sp³-hybridized carbons (Fsp3) is 0.240. The molecule has 0 spiro atoms. The van der Waals surface area contributed by atoms with Gasteiger partial charge in [0.1, 0.15) is 0 Å². The van der Waals surface area contributed by atoms with Crippen LogP contribution in [0.3, 0.4) is 0 Å². The number of rotatable bonds is 5. The molecule has 4 rings (SSSR count). The van der Waals surface area contributed by atoms with E-state index in [1.807, 2.05) is 0 Å². The molecule has 0 fully saturated rings. The lowest BCUT2D eigenvalue weighted by molar-refractivity contribution is 0.810. The summed E-state index contributed by atoms with van der Waals surface area (Å²) in [5, 5.41) is 2.58. The Kier molecular flexibility index (Phi) is 4.71. The number of unbranched alkanes of at least 4 members (excludes halogenated alkanes) is 1. The van der Waals surface area contributed by atoms with Gasteiger partial charge in [-0.1, -0.05) is 73.5 Å². The highest BCUT2D eigenvalue weighted by atomic mass is 14.7. The van der Waals surface area contributed by atoms with Crippen molar-refractivity contribution in [2.45, 2.75) is 32.6 Å². The molecule has 0 aromatic heterocycles. The van der Waals surface area contributed by atoms with Crippen LogP contribution in [-0.4, -0.2) is 12.8 Å². The molecule has 1 heteroatoms. The van der Waals surface area contributed by atoms with Crippen molar-refractivity contribution in [1.29, 1.82) is 0 Å². The van der Waals surface area contributed by atoms with E-state index in [9.17, 15) is 0 Å². The molecule has 0 N–H and O–H groups in total. The van der Waals surface area contributed by atoms with Crippen molar-refractivity contribution >= 4 is 23.1 Å². The Morgan fingerprint density at radius 2 is 1.65 bits per heavy atom. The Morgan fingerprint density at radius 3 is 2.46 bits per heavy atom. The predicted octanol–water partition coefficient (Wildman–Crippen LogP) is 6.61. The first-order chi connectivity index (χ1) is 12.8. The highest BCUT2D eigenvalue weighted by Gasteiger charge is 2.25. The topological polar surface area (TPSA) is 12.4 Å². The molecule has 0 heterocycles. The molecule has 3 aromatic rings. The van der Waals surface area contributed by atoms with Crippen LogP contribution in [0.15, 0.2) is 71.2 Å². The summed E-state index contributed by atoms with van der Waals surface area (Å²) in [5.41, 5.74) is 6.77. The Bertz CT molecular complexity index is 994. The first-order valence-electron chi connectivity index (χ1n) is 9.57. The number of fused-ring (bicyclic) bond motifs is 2. The zero-order valence-electron chi connectivity index (χ0n) is 15.6. The number of aliphatic imine (C=N–C) groups is 1. The Labute approximate surface area is 156 Å². The van der Waals surface area contributed by atoms with Gasteiger partial charge >= 0.3 is 0 Å². The van der Waals surface area contributed by atoms with Gasteiger partial charge in [0.25, 0.3) is 0 Å². The van der Waals surface area contributed by atoms with Gasteiger partial charge < -0.3 is 0 Å². The Morgan fingerprint density at radius 1 is 0.923 bits per heavy atom. The van der Waals surface area contributed by atoms with Gasteiger partial charge in [-0.05, 0) is 58.5 Å². The molecular formula is C25H25N. The lowest BCUT2D eigenvalue weighted by atomic mass is 9.85. The normalized spacial score (nSPS) is 16.2. The van der Waals surface area contributed by atoms with Crippen molar-refractivity contribution in [2.24, 2.45) is 4.99 Å². The Hall–Kier alpha value is -2.67. The zero-order chi connectivity index (χ0) is 17.9. The van der Waals surface area contributed by atoms with Gasteiger partial charge in [-0.3, -0.25) is 4.99 Å². The van der Waals surface area contributed by atoms with Crippen molar-refractivity contribution in [1.82, 2.24) is 0 Å². The maximum absolute atomic E-state index is 4.71. The summed E-state index contributed by atoms with van der Waals surface area (Å²) >= 11 is 0. The quantitative estimate of drug-likeness (QED) is 0.366. The van der Waals surface area contributed by atoms with E-state index in [0.717, 1.165) is 13.0 Å². The summed E-state index contributed by atoms with van der Waals surface area (Å²) in [6.45, 7) is 5.36. The van der Waals surface area contributed by atoms with Gasteiger partial charge in [-0.15, -0.1) is 0 Å². The van der Waals surface area contributed by atoms with Crippen molar-refractivity contribution in [2.75, 3.05) is 6.54 Å². The van der Waals surface area contributed by atoms with Crippen LogP contribution >= 0.6 is 0 Å². The van der Waals surface area contributed by atoms with Crippen LogP contribution in [0.4, 0.5) is 0 Å². The third-order valence-electron chi connectivity index (χ3n) is 5.28. The van der Waals surface area contributed by atoms with Crippen molar-refractivity contribution in [3.63, 3.8) is 0 Å². The molecule has 1 aliphatic carbocycles. The first kappa shape index (κ1) is 16.8. The summed E-state index contributed by atoms with van der Waals surface area (Å²) < 4.78 is 0. The second-order valence-corrected chi connectivity index (χ2v) is 7.17. The molecule has 0 aliphatic heterocycles. The van der Waals surface area contributed by atoms with Gasteiger partial charge in [0, 0.05) is 18.7 Å². The summed E-state index contributed by atoms with van der Waals surface area (Å²) in [6, 6.07) is 22.0. The number of nitrogens with zero attached hydrogens (tertiary/aromatic N) is 1. The molecule has 1 aliphatic rings. The van der Waals surface area contributed by atoms with E-state index in [4.69, 9.17) is 4.99 Å². The van der Waals surface area contributed by atoms with E-state index >= 15 is 0 Å². The van der Waals surface area contributed by atoms with Crippen LogP contribution in [-0.2, 0) is 0 Å². The third kappa shape index (κ3) is 3.10. The second-order valence-electron chi connectivity index (χ2n) is 7.17. The number of benzene rings is 3. The molecule has 0 radical (unpaired) electrons. The van der Waals surface area contributed by atoms with Crippen LogP contribution in [0.2, 0.25) is 0 Å². The molecule has 1 atom stereocenters. The smallest absolute Gasteiger partial charge is 0.0389 e. The maximum Gasteiger partial charge on any atom is 0.0389 e. The summed E-state index contributed by atoms with van der Waals surface area (Å²) in [4.78, 5) is 4.71. The molecule has 0 saturated heterocycles. The van der Waals surface area contributed by atoms with Crippen LogP contribution in [0.5, 0.6) is 0 Å². The monoisotopic (exact) mass is 339 g/mol. The lowest BCUT2D eigenvalue weighted by Crippen LogP contribution is -2.04. The largest absolute Gasteiger partial charge is 0.293 e. The average molecular weight is 339 g/mol. The minimum Gasteiger partial charge on any atom is -0.293 e. The minimum atomic E-state index is 0.323. The Balaban J connectivity index is 1.85. The number of hydrogen-bond acceptors (Lipinski definition) is 1. The molecule has 1 nitrogen and oxygen atoms in total. The van der Waals surface area contributed by atoms with Gasteiger partial charge in [0.15, 0.2) is 0 Å². The van der Waals surface area contributed by atoms with Crippen molar-refractivity contribution < 1.29 is 0 Å². The van der Waals surface area contributed by atoms with Gasteiger partial charge in [0.05, 0.1) is 0 Å². The zero-order valence-corrected chi connectivity index (χ0v) is 15.6. The molecule has 0 bridgehead atoms. The molecular weight excluding hydrogens is 314 g/mol. The predicted molar refractivity (Wildman–Crippen MR) is 113 cm³/mol. The number of allylic oxidation sites excluding steroid dienone is 1. The van der Waals surface area contributed by atoms with E-state index < -0.39 is 0 Å². The van der Waals surface area contributed by atoms with Crippen LogP contribution in [0, 0.1) is 0 Å². The van der Waals surface area contributed by atoms with E-state index in [2.05, 4.69) is 86.8 Å². The lowest BCUT2D eigenvalue weighted by Gasteiger charge is -2.19. The van der Waals surface area contributed by atoms with E-state index in [-0.39, 0.29) is 0 Å². The SMILES string of the molecule is CCCCN=Cc1cc2ccccc2cc1C1C(C)=Cc2ccccc21. The highest BCUT2D eigenvalue weighted by Crippen LogP contribution is 2.42. The maximum atomic E-state index is 4.71. The molecule has 0 saturated carbocycles. The molecule has 3 aromatic carbocycles. The second kappa shape index (κ2) is 7.29. The summed E-state index contributed by atoms with van der Waals surface area (Å²) in [7, 11) is 0. The summed E-state index contributed by atoms with van der Waals surface area (Å²) in [5.74, 6) is 0.323. The van der Waals surface area contributed by atoms with Crippen LogP contribution in [0.25, 0.3) is 16.8 Å². The fourth-order valence-corrected chi connectivity index (χ4v) is 3.94. The van der Waals surface area contributed by atoms with Crippen molar-refractivity contribution in [3.05, 3.63) is 88.5 Å². The molecule has 130 valence electrons. The van der Waals surface area contributed by atoms with Gasteiger partial charge in [-0.2, -0.15) is 0 Å². The molecule has 26 heavy (non-hydrogen) atoms.